The fraction of sp³-hybridized carbons (Fsp3) is 0.222. The van der Waals surface area contributed by atoms with E-state index < -0.39 is 12.0 Å². The molecule has 0 amide bonds. The Bertz CT molecular complexity index is 525. The van der Waals surface area contributed by atoms with Crippen LogP contribution in [0.25, 0.3) is 0 Å². The second kappa shape index (κ2) is 4.77. The van der Waals surface area contributed by atoms with Crippen LogP contribution >= 0.6 is 11.3 Å². The normalized spacial score (nSPS) is 11.5. The van der Waals surface area contributed by atoms with Gasteiger partial charge in [0.25, 0.3) is 0 Å². The zero-order chi connectivity index (χ0) is 13.2. The standard InChI is InChI=1S/C9H8F3N5S/c10-9(11,12)8-16-6(13)1-7(17-8)15-3-5-2-14-4-18-5/h1-2,4H,3H2,(H3,13,15,16,17). The van der Waals surface area contributed by atoms with E-state index in [9.17, 15) is 13.2 Å². The van der Waals surface area contributed by atoms with Gasteiger partial charge in [-0.15, -0.1) is 11.3 Å². The maximum absolute atomic E-state index is 12.4. The average Bonchev–Trinajstić information content (AvgIpc) is 2.77. The maximum Gasteiger partial charge on any atom is 0.451 e. The first kappa shape index (κ1) is 12.6. The van der Waals surface area contributed by atoms with Gasteiger partial charge in [0.1, 0.15) is 11.6 Å². The van der Waals surface area contributed by atoms with E-state index in [0.717, 1.165) is 4.88 Å². The molecule has 0 aliphatic carbocycles. The lowest BCUT2D eigenvalue weighted by Gasteiger charge is -2.09. The first-order chi connectivity index (χ1) is 8.45. The third-order valence-electron chi connectivity index (χ3n) is 1.93. The van der Waals surface area contributed by atoms with Crippen LogP contribution in [-0.4, -0.2) is 15.0 Å². The Morgan fingerprint density at radius 2 is 2.11 bits per heavy atom. The lowest BCUT2D eigenvalue weighted by molar-refractivity contribution is -0.144. The molecule has 2 aromatic heterocycles. The van der Waals surface area contributed by atoms with Crippen LogP contribution in [0.15, 0.2) is 17.8 Å². The molecular formula is C9H8F3N5S. The van der Waals surface area contributed by atoms with Crippen molar-refractivity contribution in [3.05, 3.63) is 28.5 Å². The van der Waals surface area contributed by atoms with Crippen molar-refractivity contribution < 1.29 is 13.2 Å². The van der Waals surface area contributed by atoms with Gasteiger partial charge < -0.3 is 11.1 Å². The van der Waals surface area contributed by atoms with Crippen molar-refractivity contribution in [2.75, 3.05) is 11.1 Å². The largest absolute Gasteiger partial charge is 0.451 e. The summed E-state index contributed by atoms with van der Waals surface area (Å²) in [5, 5.41) is 2.74. The van der Waals surface area contributed by atoms with Gasteiger partial charge in [0.15, 0.2) is 0 Å². The van der Waals surface area contributed by atoms with Gasteiger partial charge in [-0.05, 0) is 0 Å². The lowest BCUT2D eigenvalue weighted by Crippen LogP contribution is -2.14. The fourth-order valence-corrected chi connectivity index (χ4v) is 1.72. The molecule has 0 saturated heterocycles. The number of rotatable bonds is 3. The highest BCUT2D eigenvalue weighted by molar-refractivity contribution is 7.09. The second-order valence-electron chi connectivity index (χ2n) is 3.32. The molecule has 96 valence electrons. The molecule has 2 rings (SSSR count). The quantitative estimate of drug-likeness (QED) is 0.897. The summed E-state index contributed by atoms with van der Waals surface area (Å²) in [6.07, 6.45) is -3.00. The van der Waals surface area contributed by atoms with Gasteiger partial charge in [0, 0.05) is 17.1 Å². The van der Waals surface area contributed by atoms with E-state index in [1.165, 1.54) is 17.4 Å². The molecular weight excluding hydrogens is 267 g/mol. The monoisotopic (exact) mass is 275 g/mol. The van der Waals surface area contributed by atoms with Gasteiger partial charge in [0.05, 0.1) is 12.1 Å². The van der Waals surface area contributed by atoms with Crippen molar-refractivity contribution in [1.82, 2.24) is 15.0 Å². The average molecular weight is 275 g/mol. The van der Waals surface area contributed by atoms with Crippen molar-refractivity contribution in [2.24, 2.45) is 0 Å². The highest BCUT2D eigenvalue weighted by atomic mass is 32.1. The summed E-state index contributed by atoms with van der Waals surface area (Å²) < 4.78 is 37.3. The predicted octanol–water partition coefficient (Wildman–Crippen LogP) is 2.15. The number of alkyl halides is 3. The molecule has 0 aliphatic heterocycles. The molecule has 0 bridgehead atoms. The molecule has 0 fully saturated rings. The number of nitrogens with zero attached hydrogens (tertiary/aromatic N) is 3. The molecule has 2 aromatic rings. The van der Waals surface area contributed by atoms with Gasteiger partial charge in [0.2, 0.25) is 5.82 Å². The Hall–Kier alpha value is -1.90. The molecule has 0 aromatic carbocycles. The third-order valence-corrected chi connectivity index (χ3v) is 2.71. The summed E-state index contributed by atoms with van der Waals surface area (Å²) >= 11 is 1.39. The van der Waals surface area contributed by atoms with Crippen LogP contribution in [0.4, 0.5) is 24.8 Å². The number of hydrogen-bond acceptors (Lipinski definition) is 6. The zero-order valence-corrected chi connectivity index (χ0v) is 9.72. The number of halogens is 3. The van der Waals surface area contributed by atoms with E-state index in [1.807, 2.05) is 0 Å². The van der Waals surface area contributed by atoms with E-state index in [4.69, 9.17) is 5.73 Å². The molecule has 9 heteroatoms. The Labute approximate surface area is 104 Å². The molecule has 18 heavy (non-hydrogen) atoms. The number of nitrogen functional groups attached to an aromatic ring is 1. The second-order valence-corrected chi connectivity index (χ2v) is 4.29. The van der Waals surface area contributed by atoms with Crippen LogP contribution in [0, 0.1) is 0 Å². The summed E-state index contributed by atoms with van der Waals surface area (Å²) in [5.41, 5.74) is 6.94. The number of hydrogen-bond donors (Lipinski definition) is 2. The Kier molecular flexibility index (Phi) is 3.32. The third kappa shape index (κ3) is 3.06. The van der Waals surface area contributed by atoms with Gasteiger partial charge in [-0.25, -0.2) is 9.97 Å². The SMILES string of the molecule is Nc1cc(NCc2cncs2)nc(C(F)(F)F)n1. The van der Waals surface area contributed by atoms with Gasteiger partial charge in [-0.1, -0.05) is 0 Å². The maximum atomic E-state index is 12.4. The van der Waals surface area contributed by atoms with Crippen LogP contribution < -0.4 is 11.1 Å². The van der Waals surface area contributed by atoms with E-state index >= 15 is 0 Å². The summed E-state index contributed by atoms with van der Waals surface area (Å²) in [7, 11) is 0. The minimum Gasteiger partial charge on any atom is -0.384 e. The first-order valence-corrected chi connectivity index (χ1v) is 5.66. The minimum atomic E-state index is -4.61. The topological polar surface area (TPSA) is 76.7 Å². The number of aromatic nitrogens is 3. The van der Waals surface area contributed by atoms with Crippen LogP contribution in [0.3, 0.4) is 0 Å². The predicted molar refractivity (Wildman–Crippen MR) is 60.9 cm³/mol. The van der Waals surface area contributed by atoms with E-state index in [0.29, 0.717) is 6.54 Å². The molecule has 0 spiro atoms. The molecule has 5 nitrogen and oxygen atoms in total. The number of anilines is 2. The molecule has 0 atom stereocenters. The molecule has 0 unspecified atom stereocenters. The fourth-order valence-electron chi connectivity index (χ4n) is 1.19. The van der Waals surface area contributed by atoms with E-state index in [-0.39, 0.29) is 11.6 Å². The summed E-state index contributed by atoms with van der Waals surface area (Å²) in [5.74, 6) is -1.46. The van der Waals surface area contributed by atoms with E-state index in [2.05, 4.69) is 20.3 Å². The van der Waals surface area contributed by atoms with Crippen molar-refractivity contribution in [1.29, 1.82) is 0 Å². The van der Waals surface area contributed by atoms with E-state index in [1.54, 1.807) is 11.7 Å². The van der Waals surface area contributed by atoms with Crippen LogP contribution in [-0.2, 0) is 12.7 Å². The lowest BCUT2D eigenvalue weighted by atomic mass is 10.4. The van der Waals surface area contributed by atoms with Crippen LogP contribution in [0.1, 0.15) is 10.7 Å². The summed E-state index contributed by atoms with van der Waals surface area (Å²) in [4.78, 5) is 11.2. The number of nitrogens with one attached hydrogen (secondary N) is 1. The van der Waals surface area contributed by atoms with Gasteiger partial charge in [-0.3, -0.25) is 4.98 Å². The highest BCUT2D eigenvalue weighted by Gasteiger charge is 2.35. The minimum absolute atomic E-state index is 0.0308. The number of nitrogens with two attached hydrogens (primary N) is 1. The van der Waals surface area contributed by atoms with Gasteiger partial charge in [-0.2, -0.15) is 13.2 Å². The smallest absolute Gasteiger partial charge is 0.384 e. The summed E-state index contributed by atoms with van der Waals surface area (Å²) in [6, 6.07) is 1.25. The molecule has 0 saturated carbocycles. The Morgan fingerprint density at radius 3 is 2.72 bits per heavy atom. The zero-order valence-electron chi connectivity index (χ0n) is 8.90. The summed E-state index contributed by atoms with van der Waals surface area (Å²) in [6.45, 7) is 0.332. The first-order valence-electron chi connectivity index (χ1n) is 4.78. The van der Waals surface area contributed by atoms with Crippen LogP contribution in [0.2, 0.25) is 0 Å². The highest BCUT2D eigenvalue weighted by Crippen LogP contribution is 2.27. The van der Waals surface area contributed by atoms with Crippen molar-refractivity contribution in [3.63, 3.8) is 0 Å². The molecule has 0 aliphatic rings. The molecule has 3 N–H and O–H groups in total. The van der Waals surface area contributed by atoms with Crippen molar-refractivity contribution >= 4 is 23.0 Å². The Balaban J connectivity index is 2.15. The molecule has 0 radical (unpaired) electrons. The number of thiazole rings is 1. The molecule has 2 heterocycles. The van der Waals surface area contributed by atoms with Crippen molar-refractivity contribution in [3.8, 4) is 0 Å². The van der Waals surface area contributed by atoms with Crippen LogP contribution in [0.5, 0.6) is 0 Å². The Morgan fingerprint density at radius 1 is 1.33 bits per heavy atom. The van der Waals surface area contributed by atoms with Crippen molar-refractivity contribution in [2.45, 2.75) is 12.7 Å². The van der Waals surface area contributed by atoms with Gasteiger partial charge >= 0.3 is 6.18 Å².